The van der Waals surface area contributed by atoms with Crippen LogP contribution in [0.1, 0.15) is 38.3 Å². The third kappa shape index (κ3) is 4.36. The summed E-state index contributed by atoms with van der Waals surface area (Å²) in [4.78, 5) is 12.6. The van der Waals surface area contributed by atoms with Crippen LogP contribution in [0.4, 0.5) is 9.18 Å². The number of fused-ring (bicyclic) bond motifs is 1. The number of aliphatic hydroxyl groups is 1. The van der Waals surface area contributed by atoms with Crippen LogP contribution in [0.2, 0.25) is 0 Å². The summed E-state index contributed by atoms with van der Waals surface area (Å²) in [5, 5.41) is 15.3. The van der Waals surface area contributed by atoms with E-state index in [0.29, 0.717) is 17.9 Å². The highest BCUT2D eigenvalue weighted by molar-refractivity contribution is 7.99. The number of urea groups is 1. The highest BCUT2D eigenvalue weighted by Gasteiger charge is 2.24. The van der Waals surface area contributed by atoms with Crippen molar-refractivity contribution in [3.05, 3.63) is 29.6 Å². The van der Waals surface area contributed by atoms with Gasteiger partial charge in [-0.1, -0.05) is 26.0 Å². The first-order valence-corrected chi connectivity index (χ1v) is 8.61. The molecule has 0 bridgehead atoms. The van der Waals surface area contributed by atoms with Crippen molar-refractivity contribution >= 4 is 17.8 Å². The topological polar surface area (TPSA) is 61.4 Å². The van der Waals surface area contributed by atoms with Gasteiger partial charge in [-0.15, -0.1) is 11.8 Å². The lowest BCUT2D eigenvalue weighted by molar-refractivity contribution is 0.116. The second-order valence-electron chi connectivity index (χ2n) is 5.85. The number of halogens is 1. The molecule has 4 nitrogen and oxygen atoms in total. The summed E-state index contributed by atoms with van der Waals surface area (Å²) in [5.74, 6) is 0.731. The molecule has 1 heterocycles. The summed E-state index contributed by atoms with van der Waals surface area (Å²) >= 11 is 1.49. The van der Waals surface area contributed by atoms with Crippen molar-refractivity contribution in [2.75, 3.05) is 12.3 Å². The van der Waals surface area contributed by atoms with E-state index in [1.807, 2.05) is 19.9 Å². The molecular weight excluding hydrogens is 303 g/mol. The molecule has 3 N–H and O–H groups in total. The van der Waals surface area contributed by atoms with E-state index in [1.54, 1.807) is 6.07 Å². The molecule has 0 aromatic heterocycles. The van der Waals surface area contributed by atoms with Gasteiger partial charge >= 0.3 is 6.03 Å². The van der Waals surface area contributed by atoms with Crippen LogP contribution >= 0.6 is 11.8 Å². The first-order valence-electron chi connectivity index (χ1n) is 7.62. The quantitative estimate of drug-likeness (QED) is 0.779. The number of amides is 2. The van der Waals surface area contributed by atoms with Crippen LogP contribution in [0, 0.1) is 11.7 Å². The molecule has 0 saturated heterocycles. The SMILES string of the molecule is CC(C)C(O)CCNC(=O)NC1CCSc2c(F)cccc21. The zero-order chi connectivity index (χ0) is 16.1. The predicted octanol–water partition coefficient (Wildman–Crippen LogP) is 3.07. The summed E-state index contributed by atoms with van der Waals surface area (Å²) < 4.78 is 13.8. The third-order valence-corrected chi connectivity index (χ3v) is 4.99. The number of carbonyl (C=O) groups excluding carboxylic acids is 1. The maximum Gasteiger partial charge on any atom is 0.315 e. The number of hydrogen-bond acceptors (Lipinski definition) is 3. The van der Waals surface area contributed by atoms with Gasteiger partial charge in [0.15, 0.2) is 0 Å². The first-order chi connectivity index (χ1) is 10.5. The summed E-state index contributed by atoms with van der Waals surface area (Å²) in [6, 6.07) is 4.54. The Morgan fingerprint density at radius 2 is 2.27 bits per heavy atom. The van der Waals surface area contributed by atoms with Crippen LogP contribution in [0.5, 0.6) is 0 Å². The molecule has 1 aromatic carbocycles. The average Bonchev–Trinajstić information content (AvgIpc) is 2.48. The normalized spacial score (nSPS) is 18.7. The maximum absolute atomic E-state index is 13.8. The Labute approximate surface area is 134 Å². The summed E-state index contributed by atoms with van der Waals surface area (Å²) in [6.45, 7) is 4.30. The number of nitrogens with one attached hydrogen (secondary N) is 2. The molecule has 2 unspecified atom stereocenters. The molecule has 6 heteroatoms. The van der Waals surface area contributed by atoms with E-state index < -0.39 is 6.10 Å². The molecule has 0 radical (unpaired) electrons. The molecule has 0 spiro atoms. The fraction of sp³-hybridized carbons (Fsp3) is 0.562. The summed E-state index contributed by atoms with van der Waals surface area (Å²) in [5.41, 5.74) is 0.841. The Balaban J connectivity index is 1.87. The van der Waals surface area contributed by atoms with Crippen molar-refractivity contribution < 1.29 is 14.3 Å². The molecule has 2 amide bonds. The van der Waals surface area contributed by atoms with Gasteiger partial charge in [0, 0.05) is 17.2 Å². The molecule has 2 atom stereocenters. The van der Waals surface area contributed by atoms with E-state index >= 15 is 0 Å². The van der Waals surface area contributed by atoms with Crippen LogP contribution in [-0.4, -0.2) is 29.5 Å². The largest absolute Gasteiger partial charge is 0.393 e. The van der Waals surface area contributed by atoms with Crippen LogP contribution in [0.15, 0.2) is 23.1 Å². The molecule has 122 valence electrons. The van der Waals surface area contributed by atoms with Gasteiger partial charge in [-0.25, -0.2) is 9.18 Å². The smallest absolute Gasteiger partial charge is 0.315 e. The minimum Gasteiger partial charge on any atom is -0.393 e. The minimum atomic E-state index is -0.416. The monoisotopic (exact) mass is 326 g/mol. The molecule has 1 aromatic rings. The Bertz CT molecular complexity index is 525. The van der Waals surface area contributed by atoms with Crippen LogP contribution in [0.3, 0.4) is 0 Å². The van der Waals surface area contributed by atoms with Crippen LogP contribution in [-0.2, 0) is 0 Å². The maximum atomic E-state index is 13.8. The van der Waals surface area contributed by atoms with Crippen molar-refractivity contribution in [2.24, 2.45) is 5.92 Å². The Morgan fingerprint density at radius 3 is 3.00 bits per heavy atom. The fourth-order valence-corrected chi connectivity index (χ4v) is 3.55. The Morgan fingerprint density at radius 1 is 1.50 bits per heavy atom. The molecule has 22 heavy (non-hydrogen) atoms. The van der Waals surface area contributed by atoms with E-state index in [9.17, 15) is 14.3 Å². The predicted molar refractivity (Wildman–Crippen MR) is 86.5 cm³/mol. The van der Waals surface area contributed by atoms with Gasteiger partial charge in [0.2, 0.25) is 0 Å². The van der Waals surface area contributed by atoms with Crippen LogP contribution < -0.4 is 10.6 Å². The van der Waals surface area contributed by atoms with E-state index in [-0.39, 0.29) is 23.8 Å². The van der Waals surface area contributed by atoms with Crippen molar-refractivity contribution in [3.8, 4) is 0 Å². The highest BCUT2D eigenvalue weighted by atomic mass is 32.2. The van der Waals surface area contributed by atoms with Gasteiger partial charge < -0.3 is 15.7 Å². The van der Waals surface area contributed by atoms with Gasteiger partial charge in [-0.05, 0) is 30.4 Å². The lowest BCUT2D eigenvalue weighted by Gasteiger charge is -2.26. The molecule has 0 aliphatic carbocycles. The number of benzene rings is 1. The van der Waals surface area contributed by atoms with E-state index in [1.165, 1.54) is 17.8 Å². The Hall–Kier alpha value is -1.27. The number of rotatable bonds is 5. The number of carbonyl (C=O) groups is 1. The zero-order valence-corrected chi connectivity index (χ0v) is 13.8. The Kier molecular flexibility index (Phi) is 6.08. The van der Waals surface area contributed by atoms with Crippen molar-refractivity contribution in [1.29, 1.82) is 0 Å². The van der Waals surface area contributed by atoms with Gasteiger partial charge in [-0.2, -0.15) is 0 Å². The van der Waals surface area contributed by atoms with E-state index in [2.05, 4.69) is 10.6 Å². The third-order valence-electron chi connectivity index (χ3n) is 3.83. The molecular formula is C16H23FN2O2S. The lowest BCUT2D eigenvalue weighted by atomic mass is 10.0. The minimum absolute atomic E-state index is 0.165. The standard InChI is InChI=1S/C16H23FN2O2S/c1-10(2)14(20)6-8-18-16(21)19-13-7-9-22-15-11(13)4-3-5-12(15)17/h3-5,10,13-14,20H,6-9H2,1-2H3,(H2,18,19,21). The summed E-state index contributed by atoms with van der Waals surface area (Å²) in [7, 11) is 0. The van der Waals surface area contributed by atoms with Crippen molar-refractivity contribution in [3.63, 3.8) is 0 Å². The number of hydrogen-bond donors (Lipinski definition) is 3. The van der Waals surface area contributed by atoms with Gasteiger partial charge in [0.1, 0.15) is 5.82 Å². The van der Waals surface area contributed by atoms with E-state index in [4.69, 9.17) is 0 Å². The average molecular weight is 326 g/mol. The molecule has 1 aliphatic rings. The van der Waals surface area contributed by atoms with Gasteiger partial charge in [0.05, 0.1) is 12.1 Å². The summed E-state index contributed by atoms with van der Waals surface area (Å²) in [6.07, 6.45) is 0.890. The van der Waals surface area contributed by atoms with Gasteiger partial charge in [-0.3, -0.25) is 0 Å². The number of thioether (sulfide) groups is 1. The highest BCUT2D eigenvalue weighted by Crippen LogP contribution is 2.37. The molecule has 0 saturated carbocycles. The van der Waals surface area contributed by atoms with E-state index in [0.717, 1.165) is 17.7 Å². The number of aliphatic hydroxyl groups excluding tert-OH is 1. The molecule has 0 fully saturated rings. The zero-order valence-electron chi connectivity index (χ0n) is 12.9. The van der Waals surface area contributed by atoms with Crippen LogP contribution in [0.25, 0.3) is 0 Å². The second-order valence-corrected chi connectivity index (χ2v) is 6.95. The second kappa shape index (κ2) is 7.83. The first kappa shape index (κ1) is 17.1. The fourth-order valence-electron chi connectivity index (χ4n) is 2.41. The van der Waals surface area contributed by atoms with Gasteiger partial charge in [0.25, 0.3) is 0 Å². The van der Waals surface area contributed by atoms with Crippen molar-refractivity contribution in [1.82, 2.24) is 10.6 Å². The molecule has 1 aliphatic heterocycles. The van der Waals surface area contributed by atoms with Crippen molar-refractivity contribution in [2.45, 2.75) is 43.7 Å². The lowest BCUT2D eigenvalue weighted by Crippen LogP contribution is -2.40. The molecule has 2 rings (SSSR count).